The molecule has 0 aliphatic carbocycles. The fraction of sp³-hybridized carbons (Fsp3) is 1.00. The van der Waals surface area contributed by atoms with Crippen molar-refractivity contribution in [1.82, 2.24) is 0 Å². The molecule has 0 fully saturated rings. The molecular weight excluding hydrogens is 195 g/mol. The summed E-state index contributed by atoms with van der Waals surface area (Å²) in [6, 6.07) is 0. The van der Waals surface area contributed by atoms with Crippen molar-refractivity contribution in [3.05, 3.63) is 0 Å². The van der Waals surface area contributed by atoms with Crippen LogP contribution in [0.25, 0.3) is 0 Å². The van der Waals surface area contributed by atoms with E-state index in [1.807, 2.05) is 0 Å². The van der Waals surface area contributed by atoms with Gasteiger partial charge in [-0.15, -0.1) is 0 Å². The molecular formula is C6H19N2O4P. The summed E-state index contributed by atoms with van der Waals surface area (Å²) in [6.45, 7) is 2.98. The molecule has 0 saturated carbocycles. The minimum Gasteiger partial charge on any atom is -0.330 e. The predicted octanol–water partition coefficient (Wildman–Crippen LogP) is -0.200. The van der Waals surface area contributed by atoms with Gasteiger partial charge in [0.05, 0.1) is 6.61 Å². The SMILES string of the molecule is CCCCN.NCCOP(=O)(O)O. The molecule has 0 rings (SSSR count). The van der Waals surface area contributed by atoms with E-state index in [2.05, 4.69) is 11.4 Å². The highest BCUT2D eigenvalue weighted by Crippen LogP contribution is 2.34. The second-order valence-electron chi connectivity index (χ2n) is 2.25. The summed E-state index contributed by atoms with van der Waals surface area (Å²) in [7, 11) is -4.26. The van der Waals surface area contributed by atoms with Gasteiger partial charge in [-0.2, -0.15) is 0 Å². The Hall–Kier alpha value is 0.0300. The van der Waals surface area contributed by atoms with Gasteiger partial charge in [0.15, 0.2) is 0 Å². The van der Waals surface area contributed by atoms with E-state index >= 15 is 0 Å². The second-order valence-corrected chi connectivity index (χ2v) is 3.49. The van der Waals surface area contributed by atoms with E-state index in [0.29, 0.717) is 0 Å². The number of unbranched alkanes of at least 4 members (excludes halogenated alkanes) is 1. The molecule has 13 heavy (non-hydrogen) atoms. The van der Waals surface area contributed by atoms with Crippen LogP contribution in [0.5, 0.6) is 0 Å². The molecule has 6 N–H and O–H groups in total. The van der Waals surface area contributed by atoms with Crippen molar-refractivity contribution in [2.75, 3.05) is 19.7 Å². The fourth-order valence-electron chi connectivity index (χ4n) is 0.376. The number of rotatable bonds is 5. The van der Waals surface area contributed by atoms with Gasteiger partial charge in [0.25, 0.3) is 0 Å². The Morgan fingerprint density at radius 3 is 1.92 bits per heavy atom. The van der Waals surface area contributed by atoms with E-state index in [1.54, 1.807) is 0 Å². The molecule has 0 aromatic heterocycles. The van der Waals surface area contributed by atoms with Crippen LogP contribution in [0.2, 0.25) is 0 Å². The maximum atomic E-state index is 9.81. The highest BCUT2D eigenvalue weighted by atomic mass is 31.2. The van der Waals surface area contributed by atoms with Crippen LogP contribution in [0.4, 0.5) is 0 Å². The third kappa shape index (κ3) is 24.5. The van der Waals surface area contributed by atoms with Crippen molar-refractivity contribution in [1.29, 1.82) is 0 Å². The first-order chi connectivity index (χ1) is 5.97. The molecule has 0 aromatic carbocycles. The van der Waals surface area contributed by atoms with Crippen LogP contribution < -0.4 is 11.5 Å². The molecule has 0 aliphatic rings. The quantitative estimate of drug-likeness (QED) is 0.470. The summed E-state index contributed by atoms with van der Waals surface area (Å²) in [6.07, 6.45) is 2.39. The minimum absolute atomic E-state index is 0.107. The van der Waals surface area contributed by atoms with Gasteiger partial charge in [0.1, 0.15) is 0 Å². The van der Waals surface area contributed by atoms with E-state index in [-0.39, 0.29) is 13.2 Å². The fourth-order valence-corrected chi connectivity index (χ4v) is 0.719. The van der Waals surface area contributed by atoms with Crippen LogP contribution in [-0.4, -0.2) is 29.5 Å². The highest BCUT2D eigenvalue weighted by Gasteiger charge is 2.11. The third-order valence-electron chi connectivity index (χ3n) is 0.935. The van der Waals surface area contributed by atoms with Crippen LogP contribution in [0.15, 0.2) is 0 Å². The number of nitrogens with two attached hydrogens (primary N) is 2. The maximum absolute atomic E-state index is 9.81. The van der Waals surface area contributed by atoms with Gasteiger partial charge < -0.3 is 21.3 Å². The highest BCUT2D eigenvalue weighted by molar-refractivity contribution is 7.46. The van der Waals surface area contributed by atoms with E-state index in [4.69, 9.17) is 21.3 Å². The van der Waals surface area contributed by atoms with Crippen LogP contribution in [0.3, 0.4) is 0 Å². The molecule has 0 spiro atoms. The Morgan fingerprint density at radius 1 is 1.31 bits per heavy atom. The molecule has 0 radical (unpaired) electrons. The summed E-state index contributed by atoms with van der Waals surface area (Å²) in [5.41, 5.74) is 10.0. The van der Waals surface area contributed by atoms with Crippen LogP contribution >= 0.6 is 7.82 Å². The van der Waals surface area contributed by atoms with Gasteiger partial charge in [0, 0.05) is 6.54 Å². The van der Waals surface area contributed by atoms with Crippen LogP contribution in [0.1, 0.15) is 19.8 Å². The Kier molecular flexibility index (Phi) is 12.1. The third-order valence-corrected chi connectivity index (χ3v) is 1.45. The molecule has 0 bridgehead atoms. The first-order valence-corrected chi connectivity index (χ1v) is 5.61. The number of phosphoric acid groups is 1. The second kappa shape index (κ2) is 10.1. The summed E-state index contributed by atoms with van der Waals surface area (Å²) < 4.78 is 13.7. The Balaban J connectivity index is 0. The molecule has 0 aromatic rings. The summed E-state index contributed by atoms with van der Waals surface area (Å²) in [5, 5.41) is 0. The van der Waals surface area contributed by atoms with Gasteiger partial charge in [-0.05, 0) is 13.0 Å². The van der Waals surface area contributed by atoms with Crippen molar-refractivity contribution in [2.24, 2.45) is 11.5 Å². The standard InChI is InChI=1S/C4H11N.C2H8NO4P/c1-2-3-4-5;3-1-2-7-8(4,5)6/h2-5H2,1H3;1-3H2,(H2,4,5,6). The Labute approximate surface area is 78.5 Å². The molecule has 82 valence electrons. The van der Waals surface area contributed by atoms with Crippen molar-refractivity contribution in [3.63, 3.8) is 0 Å². The van der Waals surface area contributed by atoms with E-state index in [0.717, 1.165) is 6.54 Å². The lowest BCUT2D eigenvalue weighted by molar-refractivity contribution is 0.202. The molecule has 0 heterocycles. The maximum Gasteiger partial charge on any atom is 0.469 e. The lowest BCUT2D eigenvalue weighted by Gasteiger charge is -2.00. The smallest absolute Gasteiger partial charge is 0.330 e. The topological polar surface area (TPSA) is 119 Å². The van der Waals surface area contributed by atoms with Crippen molar-refractivity contribution < 1.29 is 18.9 Å². The van der Waals surface area contributed by atoms with E-state index < -0.39 is 7.82 Å². The van der Waals surface area contributed by atoms with E-state index in [9.17, 15) is 4.57 Å². The first-order valence-electron chi connectivity index (χ1n) is 4.08. The summed E-state index contributed by atoms with van der Waals surface area (Å²) >= 11 is 0. The average Bonchev–Trinajstić information content (AvgIpc) is 2.02. The molecule has 7 heteroatoms. The van der Waals surface area contributed by atoms with Gasteiger partial charge >= 0.3 is 7.82 Å². The molecule has 0 aliphatic heterocycles. The van der Waals surface area contributed by atoms with E-state index in [1.165, 1.54) is 12.8 Å². The monoisotopic (exact) mass is 214 g/mol. The largest absolute Gasteiger partial charge is 0.469 e. The van der Waals surface area contributed by atoms with Crippen molar-refractivity contribution >= 4 is 7.82 Å². The van der Waals surface area contributed by atoms with Gasteiger partial charge in [-0.1, -0.05) is 13.3 Å². The number of phosphoric ester groups is 1. The zero-order valence-corrected chi connectivity index (χ0v) is 8.74. The summed E-state index contributed by atoms with van der Waals surface area (Å²) in [4.78, 5) is 16.0. The minimum atomic E-state index is -4.26. The van der Waals surface area contributed by atoms with Crippen molar-refractivity contribution in [2.45, 2.75) is 19.8 Å². The lowest BCUT2D eigenvalue weighted by Crippen LogP contribution is -2.06. The Morgan fingerprint density at radius 2 is 1.85 bits per heavy atom. The predicted molar refractivity (Wildman–Crippen MR) is 51.0 cm³/mol. The number of hydrogen-bond acceptors (Lipinski definition) is 4. The molecule has 0 amide bonds. The first kappa shape index (κ1) is 15.5. The molecule has 0 atom stereocenters. The van der Waals surface area contributed by atoms with Gasteiger partial charge in [-0.25, -0.2) is 4.57 Å². The summed E-state index contributed by atoms with van der Waals surface area (Å²) in [5.74, 6) is 0. The van der Waals surface area contributed by atoms with Gasteiger partial charge in [-0.3, -0.25) is 4.52 Å². The normalized spacial score (nSPS) is 10.5. The molecule has 6 nitrogen and oxygen atoms in total. The van der Waals surface area contributed by atoms with Crippen molar-refractivity contribution in [3.8, 4) is 0 Å². The zero-order valence-electron chi connectivity index (χ0n) is 7.85. The van der Waals surface area contributed by atoms with Crippen LogP contribution in [0, 0.1) is 0 Å². The average molecular weight is 214 g/mol. The van der Waals surface area contributed by atoms with Gasteiger partial charge in [0.2, 0.25) is 0 Å². The molecule has 0 unspecified atom stereocenters. The zero-order chi connectivity index (χ0) is 10.7. The number of hydrogen-bond donors (Lipinski definition) is 4. The Bertz CT molecular complexity index is 137. The lowest BCUT2D eigenvalue weighted by atomic mass is 10.3. The molecule has 0 saturated heterocycles. The van der Waals surface area contributed by atoms with Crippen LogP contribution in [-0.2, 0) is 9.09 Å².